The van der Waals surface area contributed by atoms with Crippen molar-refractivity contribution in [2.45, 2.75) is 52.4 Å². The van der Waals surface area contributed by atoms with Gasteiger partial charge in [0.25, 0.3) is 0 Å². The highest BCUT2D eigenvalue weighted by Crippen LogP contribution is 2.37. The molecule has 0 heterocycles. The van der Waals surface area contributed by atoms with Gasteiger partial charge in [-0.25, -0.2) is 0 Å². The lowest BCUT2D eigenvalue weighted by molar-refractivity contribution is -0.156. The topological polar surface area (TPSA) is 74.6 Å². The summed E-state index contributed by atoms with van der Waals surface area (Å²) in [4.78, 5) is 22.1. The lowest BCUT2D eigenvalue weighted by Crippen LogP contribution is -2.35. The fourth-order valence-electron chi connectivity index (χ4n) is 2.90. The van der Waals surface area contributed by atoms with Gasteiger partial charge in [-0.05, 0) is 31.1 Å². The van der Waals surface area contributed by atoms with Crippen molar-refractivity contribution >= 4 is 11.9 Å². The molecule has 0 aromatic heterocycles. The van der Waals surface area contributed by atoms with Gasteiger partial charge in [0.1, 0.15) is 0 Å². The summed E-state index contributed by atoms with van der Waals surface area (Å²) in [5, 5.41) is 18.2. The Labute approximate surface area is 108 Å². The molecule has 18 heavy (non-hydrogen) atoms. The van der Waals surface area contributed by atoms with Gasteiger partial charge in [0, 0.05) is 0 Å². The Bertz CT molecular complexity index is 298. The van der Waals surface area contributed by atoms with E-state index in [2.05, 4.69) is 13.8 Å². The van der Waals surface area contributed by atoms with Crippen LogP contribution in [-0.4, -0.2) is 22.2 Å². The molecule has 0 aliphatic heterocycles. The van der Waals surface area contributed by atoms with Gasteiger partial charge < -0.3 is 10.2 Å². The van der Waals surface area contributed by atoms with Crippen LogP contribution in [0.3, 0.4) is 0 Å². The van der Waals surface area contributed by atoms with Crippen molar-refractivity contribution in [1.29, 1.82) is 0 Å². The third-order valence-corrected chi connectivity index (χ3v) is 3.99. The zero-order valence-corrected chi connectivity index (χ0v) is 11.3. The molecule has 0 radical (unpaired) electrons. The van der Waals surface area contributed by atoms with Crippen LogP contribution in [0.1, 0.15) is 52.4 Å². The van der Waals surface area contributed by atoms with Crippen LogP contribution in [-0.2, 0) is 9.59 Å². The molecule has 0 spiro atoms. The molecular weight excluding hydrogens is 232 g/mol. The highest BCUT2D eigenvalue weighted by molar-refractivity contribution is 5.80. The predicted octanol–water partition coefficient (Wildman–Crippen LogP) is 3.01. The minimum Gasteiger partial charge on any atom is -0.481 e. The van der Waals surface area contributed by atoms with E-state index in [-0.39, 0.29) is 0 Å². The fraction of sp³-hybridized carbons (Fsp3) is 0.857. The number of hydrogen-bond acceptors (Lipinski definition) is 2. The van der Waals surface area contributed by atoms with Gasteiger partial charge in [-0.3, -0.25) is 9.59 Å². The highest BCUT2D eigenvalue weighted by Gasteiger charge is 2.39. The molecule has 4 nitrogen and oxygen atoms in total. The first-order valence-corrected chi connectivity index (χ1v) is 6.87. The fourth-order valence-corrected chi connectivity index (χ4v) is 2.90. The van der Waals surface area contributed by atoms with E-state index in [1.165, 1.54) is 0 Å². The molecule has 2 N–H and O–H groups in total. The van der Waals surface area contributed by atoms with E-state index in [9.17, 15) is 9.59 Å². The second-order valence-electron chi connectivity index (χ2n) is 5.89. The molecule has 0 amide bonds. The van der Waals surface area contributed by atoms with Gasteiger partial charge in [-0.15, -0.1) is 0 Å². The predicted molar refractivity (Wildman–Crippen MR) is 68.3 cm³/mol. The minimum absolute atomic E-state index is 0.389. The summed E-state index contributed by atoms with van der Waals surface area (Å²) in [6, 6.07) is 0. The summed E-state index contributed by atoms with van der Waals surface area (Å²) < 4.78 is 0. The van der Waals surface area contributed by atoms with Gasteiger partial charge in [0.15, 0.2) is 0 Å². The molecule has 0 aromatic rings. The van der Waals surface area contributed by atoms with Crippen LogP contribution in [0.5, 0.6) is 0 Å². The van der Waals surface area contributed by atoms with Gasteiger partial charge in [-0.1, -0.05) is 33.1 Å². The Morgan fingerprint density at radius 2 is 1.72 bits per heavy atom. The summed E-state index contributed by atoms with van der Waals surface area (Å²) in [6.07, 6.45) is 5.22. The average Bonchev–Trinajstić information content (AvgIpc) is 2.28. The first-order valence-electron chi connectivity index (χ1n) is 6.87. The Morgan fingerprint density at radius 1 is 1.11 bits per heavy atom. The number of aliphatic carboxylic acids is 2. The molecule has 1 saturated carbocycles. The summed E-state index contributed by atoms with van der Waals surface area (Å²) in [6.45, 7) is 4.36. The molecule has 3 atom stereocenters. The number of rotatable bonds is 6. The third-order valence-electron chi connectivity index (χ3n) is 3.99. The van der Waals surface area contributed by atoms with Crippen molar-refractivity contribution in [3.63, 3.8) is 0 Å². The van der Waals surface area contributed by atoms with E-state index in [0.717, 1.165) is 25.7 Å². The van der Waals surface area contributed by atoms with E-state index >= 15 is 0 Å². The van der Waals surface area contributed by atoms with Crippen LogP contribution in [0.4, 0.5) is 0 Å². The maximum absolute atomic E-state index is 11.1. The summed E-state index contributed by atoms with van der Waals surface area (Å²) in [5.41, 5.74) is 0. The summed E-state index contributed by atoms with van der Waals surface area (Å²) >= 11 is 0. The first kappa shape index (κ1) is 15.0. The van der Waals surface area contributed by atoms with E-state index in [1.807, 2.05) is 0 Å². The van der Waals surface area contributed by atoms with E-state index in [4.69, 9.17) is 10.2 Å². The van der Waals surface area contributed by atoms with Crippen LogP contribution < -0.4 is 0 Å². The Balaban J connectivity index is 2.47. The molecule has 0 aromatic carbocycles. The van der Waals surface area contributed by atoms with Crippen molar-refractivity contribution in [2.75, 3.05) is 0 Å². The molecule has 3 unspecified atom stereocenters. The number of carboxylic acids is 2. The van der Waals surface area contributed by atoms with Crippen molar-refractivity contribution in [3.05, 3.63) is 0 Å². The SMILES string of the molecule is CC(C)CCCC1CCC(C(=O)O)C(C(=O)O)C1. The zero-order valence-electron chi connectivity index (χ0n) is 11.3. The van der Waals surface area contributed by atoms with Crippen LogP contribution >= 0.6 is 0 Å². The normalized spacial score (nSPS) is 28.3. The Kier molecular flexibility index (Phi) is 5.63. The van der Waals surface area contributed by atoms with Crippen molar-refractivity contribution in [3.8, 4) is 0 Å². The molecule has 4 heteroatoms. The van der Waals surface area contributed by atoms with Crippen molar-refractivity contribution in [2.24, 2.45) is 23.7 Å². The van der Waals surface area contributed by atoms with E-state index in [1.54, 1.807) is 0 Å². The molecule has 0 saturated heterocycles. The van der Waals surface area contributed by atoms with Crippen molar-refractivity contribution in [1.82, 2.24) is 0 Å². The van der Waals surface area contributed by atoms with Crippen molar-refractivity contribution < 1.29 is 19.8 Å². The average molecular weight is 256 g/mol. The van der Waals surface area contributed by atoms with Gasteiger partial charge >= 0.3 is 11.9 Å². The van der Waals surface area contributed by atoms with Gasteiger partial charge in [0.2, 0.25) is 0 Å². The maximum atomic E-state index is 11.1. The van der Waals surface area contributed by atoms with Crippen LogP contribution in [0.15, 0.2) is 0 Å². The van der Waals surface area contributed by atoms with E-state index in [0.29, 0.717) is 24.7 Å². The Morgan fingerprint density at radius 3 is 2.22 bits per heavy atom. The third kappa shape index (κ3) is 4.31. The summed E-state index contributed by atoms with van der Waals surface area (Å²) in [7, 11) is 0. The molecular formula is C14H24O4. The molecule has 1 rings (SSSR count). The molecule has 1 aliphatic rings. The van der Waals surface area contributed by atoms with Gasteiger partial charge in [0.05, 0.1) is 11.8 Å². The minimum atomic E-state index is -0.956. The monoisotopic (exact) mass is 256 g/mol. The van der Waals surface area contributed by atoms with Crippen LogP contribution in [0, 0.1) is 23.7 Å². The smallest absolute Gasteiger partial charge is 0.307 e. The Hall–Kier alpha value is -1.06. The second kappa shape index (κ2) is 6.76. The number of carboxylic acid groups (broad SMARTS) is 2. The molecule has 0 bridgehead atoms. The molecule has 1 aliphatic carbocycles. The zero-order chi connectivity index (χ0) is 13.7. The standard InChI is InChI=1S/C14H24O4/c1-9(2)4-3-5-10-6-7-11(13(15)16)12(8-10)14(17)18/h9-12H,3-8H2,1-2H3,(H,15,16)(H,17,18). The maximum Gasteiger partial charge on any atom is 0.307 e. The lowest BCUT2D eigenvalue weighted by Gasteiger charge is -2.31. The molecule has 1 fully saturated rings. The lowest BCUT2D eigenvalue weighted by atomic mass is 9.72. The van der Waals surface area contributed by atoms with Crippen LogP contribution in [0.2, 0.25) is 0 Å². The van der Waals surface area contributed by atoms with Gasteiger partial charge in [-0.2, -0.15) is 0 Å². The number of hydrogen-bond donors (Lipinski definition) is 2. The first-order chi connectivity index (χ1) is 8.41. The highest BCUT2D eigenvalue weighted by atomic mass is 16.4. The second-order valence-corrected chi connectivity index (χ2v) is 5.89. The van der Waals surface area contributed by atoms with Crippen LogP contribution in [0.25, 0.3) is 0 Å². The van der Waals surface area contributed by atoms with E-state index < -0.39 is 23.8 Å². The summed E-state index contributed by atoms with van der Waals surface area (Å²) in [5.74, 6) is -2.22. The quantitative estimate of drug-likeness (QED) is 0.766. The number of carbonyl (C=O) groups is 2. The largest absolute Gasteiger partial charge is 0.481 e. The molecule has 104 valence electrons.